The highest BCUT2D eigenvalue weighted by atomic mass is 32.2. The fourth-order valence-corrected chi connectivity index (χ4v) is 5.86. The first-order valence-corrected chi connectivity index (χ1v) is 12.0. The van der Waals surface area contributed by atoms with Gasteiger partial charge in [-0.15, -0.1) is 11.3 Å². The summed E-state index contributed by atoms with van der Waals surface area (Å²) in [6, 6.07) is 14.6. The molecule has 1 aromatic heterocycles. The van der Waals surface area contributed by atoms with E-state index in [2.05, 4.69) is 10.3 Å². The molecule has 0 saturated heterocycles. The zero-order valence-corrected chi connectivity index (χ0v) is 18.4. The summed E-state index contributed by atoms with van der Waals surface area (Å²) in [5, 5.41) is 12.3. The van der Waals surface area contributed by atoms with E-state index >= 15 is 0 Å². The number of hydrogen-bond acceptors (Lipinski definition) is 6. The quantitative estimate of drug-likeness (QED) is 0.381. The van der Waals surface area contributed by atoms with Crippen LogP contribution in [0.5, 0.6) is 0 Å². The summed E-state index contributed by atoms with van der Waals surface area (Å²) >= 11 is 2.87. The van der Waals surface area contributed by atoms with Crippen LogP contribution >= 0.6 is 23.1 Å². The maximum absolute atomic E-state index is 12.7. The molecule has 1 saturated carbocycles. The Morgan fingerprint density at radius 2 is 1.81 bits per heavy atom. The first-order chi connectivity index (χ1) is 15.0. The monoisotopic (exact) mass is 454 g/mol. The summed E-state index contributed by atoms with van der Waals surface area (Å²) in [6.07, 6.45) is 2.87. The molecular weight excluding hydrogens is 432 g/mol. The van der Waals surface area contributed by atoms with Gasteiger partial charge in [-0.05, 0) is 31.0 Å². The molecule has 1 aliphatic rings. The number of ketones is 1. The molecule has 1 amide bonds. The number of carboxylic acids is 1. The maximum Gasteiger partial charge on any atom is 0.307 e. The SMILES string of the molecule is O=C(CSc1nc2ccc(NC(=O)[C@@H]3CCCC[C@@H]3C(=O)O)cc2s1)c1ccccc1. The number of carbonyl (C=O) groups is 3. The number of thioether (sulfide) groups is 1. The van der Waals surface area contributed by atoms with Gasteiger partial charge in [0.2, 0.25) is 5.91 Å². The summed E-state index contributed by atoms with van der Waals surface area (Å²) in [5.41, 5.74) is 2.12. The van der Waals surface area contributed by atoms with E-state index in [1.165, 1.54) is 23.1 Å². The van der Waals surface area contributed by atoms with Gasteiger partial charge in [-0.1, -0.05) is 54.9 Å². The molecule has 2 aromatic carbocycles. The Hall–Kier alpha value is -2.71. The second-order valence-electron chi connectivity index (χ2n) is 7.57. The van der Waals surface area contributed by atoms with E-state index in [0.29, 0.717) is 29.8 Å². The summed E-state index contributed by atoms with van der Waals surface area (Å²) in [4.78, 5) is 41.1. The van der Waals surface area contributed by atoms with E-state index in [1.807, 2.05) is 30.3 Å². The summed E-state index contributed by atoms with van der Waals surface area (Å²) in [7, 11) is 0. The molecule has 0 spiro atoms. The first kappa shape index (κ1) is 21.5. The summed E-state index contributed by atoms with van der Waals surface area (Å²) < 4.78 is 1.70. The maximum atomic E-state index is 12.7. The van der Waals surface area contributed by atoms with Crippen molar-refractivity contribution < 1.29 is 19.5 Å². The van der Waals surface area contributed by atoms with Crippen LogP contribution in [0.25, 0.3) is 10.2 Å². The Balaban J connectivity index is 1.42. The number of nitrogens with zero attached hydrogens (tertiary/aromatic N) is 1. The van der Waals surface area contributed by atoms with Gasteiger partial charge in [-0.25, -0.2) is 4.98 Å². The number of fused-ring (bicyclic) bond motifs is 1. The molecule has 0 radical (unpaired) electrons. The van der Waals surface area contributed by atoms with E-state index < -0.39 is 17.8 Å². The van der Waals surface area contributed by atoms with Gasteiger partial charge in [0, 0.05) is 11.3 Å². The van der Waals surface area contributed by atoms with Gasteiger partial charge in [-0.2, -0.15) is 0 Å². The van der Waals surface area contributed by atoms with Crippen LogP contribution in [0.2, 0.25) is 0 Å². The lowest BCUT2D eigenvalue weighted by molar-refractivity contribution is -0.147. The third-order valence-corrected chi connectivity index (χ3v) is 7.64. The number of anilines is 1. The summed E-state index contributed by atoms with van der Waals surface area (Å²) in [6.45, 7) is 0. The third kappa shape index (κ3) is 5.14. The average Bonchev–Trinajstić information content (AvgIpc) is 3.20. The number of aromatic nitrogens is 1. The molecule has 8 heteroatoms. The molecule has 0 bridgehead atoms. The molecule has 160 valence electrons. The smallest absolute Gasteiger partial charge is 0.307 e. The predicted octanol–water partition coefficient (Wildman–Crippen LogP) is 5.10. The molecule has 1 aliphatic carbocycles. The van der Waals surface area contributed by atoms with Crippen LogP contribution in [0.3, 0.4) is 0 Å². The Morgan fingerprint density at radius 1 is 1.06 bits per heavy atom. The van der Waals surface area contributed by atoms with Crippen molar-refractivity contribution in [2.24, 2.45) is 11.8 Å². The van der Waals surface area contributed by atoms with E-state index in [1.54, 1.807) is 18.2 Å². The second-order valence-corrected chi connectivity index (χ2v) is 9.82. The third-order valence-electron chi connectivity index (χ3n) is 5.48. The van der Waals surface area contributed by atoms with Crippen molar-refractivity contribution in [1.82, 2.24) is 4.98 Å². The topological polar surface area (TPSA) is 96.4 Å². The fourth-order valence-electron chi connectivity index (χ4n) is 3.85. The highest BCUT2D eigenvalue weighted by Gasteiger charge is 2.35. The van der Waals surface area contributed by atoms with Crippen LogP contribution in [0.15, 0.2) is 52.9 Å². The molecule has 0 unspecified atom stereocenters. The minimum Gasteiger partial charge on any atom is -0.481 e. The van der Waals surface area contributed by atoms with Crippen LogP contribution in [0.4, 0.5) is 5.69 Å². The second kappa shape index (κ2) is 9.62. The molecule has 0 aliphatic heterocycles. The van der Waals surface area contributed by atoms with Crippen molar-refractivity contribution in [2.75, 3.05) is 11.1 Å². The Kier molecular flexibility index (Phi) is 6.67. The Labute approximate surface area is 188 Å². The predicted molar refractivity (Wildman–Crippen MR) is 123 cm³/mol. The lowest BCUT2D eigenvalue weighted by atomic mass is 9.78. The van der Waals surface area contributed by atoms with Crippen molar-refractivity contribution in [3.63, 3.8) is 0 Å². The first-order valence-electron chi connectivity index (χ1n) is 10.2. The number of amides is 1. The van der Waals surface area contributed by atoms with Crippen LogP contribution in [0, 0.1) is 11.8 Å². The molecule has 4 rings (SSSR count). The number of thiazole rings is 1. The zero-order chi connectivity index (χ0) is 21.8. The molecule has 1 fully saturated rings. The minimum absolute atomic E-state index is 0.0540. The highest BCUT2D eigenvalue weighted by molar-refractivity contribution is 8.01. The number of Topliss-reactive ketones (excluding diaryl/α,β-unsaturated/α-hetero) is 1. The van der Waals surface area contributed by atoms with Gasteiger partial charge in [0.05, 0.1) is 27.8 Å². The standard InChI is InChI=1S/C23H22N2O4S2/c26-19(14-6-2-1-3-7-14)13-30-23-25-18-11-10-15(12-20(18)31-23)24-21(27)16-8-4-5-9-17(16)22(28)29/h1-3,6-7,10-12,16-17H,4-5,8-9,13H2,(H,24,27)(H,28,29)/t16-,17+/m1/s1. The van der Waals surface area contributed by atoms with Gasteiger partial charge < -0.3 is 10.4 Å². The Bertz CT molecular complexity index is 1110. The van der Waals surface area contributed by atoms with Crippen molar-refractivity contribution in [3.05, 3.63) is 54.1 Å². The van der Waals surface area contributed by atoms with Gasteiger partial charge in [-0.3, -0.25) is 14.4 Å². The number of carbonyl (C=O) groups excluding carboxylic acids is 2. The molecule has 6 nitrogen and oxygen atoms in total. The number of hydrogen-bond donors (Lipinski definition) is 2. The lowest BCUT2D eigenvalue weighted by Crippen LogP contribution is -2.36. The highest BCUT2D eigenvalue weighted by Crippen LogP contribution is 2.34. The fraction of sp³-hybridized carbons (Fsp3) is 0.304. The molecule has 31 heavy (non-hydrogen) atoms. The van der Waals surface area contributed by atoms with Crippen LogP contribution in [-0.2, 0) is 9.59 Å². The normalized spacial score (nSPS) is 18.6. The van der Waals surface area contributed by atoms with Gasteiger partial charge in [0.25, 0.3) is 0 Å². The van der Waals surface area contributed by atoms with Crippen molar-refractivity contribution in [3.8, 4) is 0 Å². The van der Waals surface area contributed by atoms with Crippen LogP contribution < -0.4 is 5.32 Å². The molecule has 2 atom stereocenters. The lowest BCUT2D eigenvalue weighted by Gasteiger charge is -2.27. The zero-order valence-electron chi connectivity index (χ0n) is 16.7. The van der Waals surface area contributed by atoms with E-state index in [-0.39, 0.29) is 11.7 Å². The van der Waals surface area contributed by atoms with Crippen LogP contribution in [0.1, 0.15) is 36.0 Å². The number of benzene rings is 2. The van der Waals surface area contributed by atoms with Crippen molar-refractivity contribution >= 4 is 56.7 Å². The van der Waals surface area contributed by atoms with Gasteiger partial charge >= 0.3 is 5.97 Å². The molecular formula is C23H22N2O4S2. The number of carboxylic acid groups (broad SMARTS) is 1. The van der Waals surface area contributed by atoms with Gasteiger partial charge in [0.15, 0.2) is 10.1 Å². The number of rotatable bonds is 7. The van der Waals surface area contributed by atoms with E-state index in [0.717, 1.165) is 27.4 Å². The van der Waals surface area contributed by atoms with Crippen molar-refractivity contribution in [2.45, 2.75) is 30.0 Å². The number of aliphatic carboxylic acids is 1. The van der Waals surface area contributed by atoms with Gasteiger partial charge in [0.1, 0.15) is 0 Å². The largest absolute Gasteiger partial charge is 0.481 e. The van der Waals surface area contributed by atoms with Crippen molar-refractivity contribution in [1.29, 1.82) is 0 Å². The number of nitrogens with one attached hydrogen (secondary N) is 1. The molecule has 2 N–H and O–H groups in total. The molecule has 1 heterocycles. The summed E-state index contributed by atoms with van der Waals surface area (Å²) in [5.74, 6) is -1.89. The van der Waals surface area contributed by atoms with E-state index in [4.69, 9.17) is 0 Å². The minimum atomic E-state index is -0.899. The average molecular weight is 455 g/mol. The van der Waals surface area contributed by atoms with E-state index in [9.17, 15) is 19.5 Å². The van der Waals surface area contributed by atoms with Crippen LogP contribution in [-0.4, -0.2) is 33.5 Å². The molecule has 3 aromatic rings. The Morgan fingerprint density at radius 3 is 2.55 bits per heavy atom.